The zero-order chi connectivity index (χ0) is 24.8. The second-order valence-corrected chi connectivity index (χ2v) is 8.29. The van der Waals surface area contributed by atoms with Gasteiger partial charge in [0.15, 0.2) is 5.69 Å². The molecule has 2 aromatic carbocycles. The van der Waals surface area contributed by atoms with Crippen molar-refractivity contribution in [2.75, 3.05) is 18.5 Å². The minimum Gasteiger partial charge on any atom is -0.396 e. The Morgan fingerprint density at radius 2 is 1.71 bits per heavy atom. The summed E-state index contributed by atoms with van der Waals surface area (Å²) in [4.78, 5) is 30.1. The highest BCUT2D eigenvalue weighted by molar-refractivity contribution is 6.38. The van der Waals surface area contributed by atoms with E-state index in [0.29, 0.717) is 34.9 Å². The second kappa shape index (κ2) is 11.1. The van der Waals surface area contributed by atoms with Crippen molar-refractivity contribution < 1.29 is 14.7 Å². The molecule has 0 bridgehead atoms. The summed E-state index contributed by atoms with van der Waals surface area (Å²) in [5, 5.41) is 19.3. The molecule has 0 unspecified atom stereocenters. The normalized spacial score (nSPS) is 10.7. The molecule has 2 aromatic heterocycles. The molecule has 10 heteroatoms. The van der Waals surface area contributed by atoms with Crippen LogP contribution in [0, 0.1) is 0 Å². The first-order valence-electron chi connectivity index (χ1n) is 10.7. The van der Waals surface area contributed by atoms with Crippen LogP contribution in [0.4, 0.5) is 5.82 Å². The zero-order valence-corrected chi connectivity index (χ0v) is 19.9. The minimum atomic E-state index is -0.506. The van der Waals surface area contributed by atoms with Gasteiger partial charge in [0.1, 0.15) is 5.82 Å². The summed E-state index contributed by atoms with van der Waals surface area (Å²) in [6.45, 7) is 0.258. The number of rotatable bonds is 8. The first kappa shape index (κ1) is 24.4. The van der Waals surface area contributed by atoms with Crippen molar-refractivity contribution >= 4 is 40.8 Å². The number of nitrogens with zero attached hydrogens (tertiary/aromatic N) is 3. The van der Waals surface area contributed by atoms with E-state index in [9.17, 15) is 9.59 Å². The number of aliphatic hydroxyl groups is 1. The molecule has 0 aliphatic heterocycles. The van der Waals surface area contributed by atoms with Gasteiger partial charge in [-0.05, 0) is 42.8 Å². The molecule has 2 heterocycles. The monoisotopic (exact) mass is 509 g/mol. The molecule has 0 radical (unpaired) electrons. The van der Waals surface area contributed by atoms with Gasteiger partial charge in [0.05, 0.1) is 27.0 Å². The number of anilines is 1. The minimum absolute atomic E-state index is 0.0393. The van der Waals surface area contributed by atoms with E-state index in [4.69, 9.17) is 28.3 Å². The largest absolute Gasteiger partial charge is 0.396 e. The first-order valence-corrected chi connectivity index (χ1v) is 11.5. The summed E-state index contributed by atoms with van der Waals surface area (Å²) >= 11 is 12.7. The Hall–Kier alpha value is -3.72. The molecule has 0 fully saturated rings. The number of carbonyl (C=O) groups is 2. The number of benzene rings is 2. The number of para-hydroxylation sites is 1. The third-order valence-corrected chi connectivity index (χ3v) is 5.67. The number of hydrogen-bond acceptors (Lipinski definition) is 5. The van der Waals surface area contributed by atoms with Crippen LogP contribution in [0.2, 0.25) is 10.0 Å². The molecule has 178 valence electrons. The van der Waals surface area contributed by atoms with Gasteiger partial charge in [0, 0.05) is 31.0 Å². The van der Waals surface area contributed by atoms with E-state index in [1.807, 2.05) is 24.3 Å². The van der Waals surface area contributed by atoms with Crippen LogP contribution in [0.1, 0.15) is 27.3 Å². The van der Waals surface area contributed by atoms with E-state index in [2.05, 4.69) is 20.7 Å². The fourth-order valence-corrected chi connectivity index (χ4v) is 3.91. The maximum atomic E-state index is 13.3. The van der Waals surface area contributed by atoms with Crippen LogP contribution in [0.15, 0.2) is 72.9 Å². The Kier molecular flexibility index (Phi) is 7.77. The predicted octanol–water partition coefficient (Wildman–Crippen LogP) is 4.61. The third-order valence-electron chi connectivity index (χ3n) is 5.05. The highest BCUT2D eigenvalue weighted by atomic mass is 35.5. The fourth-order valence-electron chi connectivity index (χ4n) is 3.34. The molecule has 0 saturated heterocycles. The van der Waals surface area contributed by atoms with Crippen LogP contribution in [-0.4, -0.2) is 44.8 Å². The van der Waals surface area contributed by atoms with E-state index in [1.54, 1.807) is 36.5 Å². The number of amides is 2. The Bertz CT molecular complexity index is 1340. The average Bonchev–Trinajstić information content (AvgIpc) is 3.29. The van der Waals surface area contributed by atoms with E-state index in [1.165, 1.54) is 16.8 Å². The van der Waals surface area contributed by atoms with Crippen molar-refractivity contribution in [3.63, 3.8) is 0 Å². The topological polar surface area (TPSA) is 109 Å². The van der Waals surface area contributed by atoms with Crippen LogP contribution >= 0.6 is 23.2 Å². The Morgan fingerprint density at radius 1 is 0.943 bits per heavy atom. The second-order valence-electron chi connectivity index (χ2n) is 7.48. The summed E-state index contributed by atoms with van der Waals surface area (Å²) in [6, 6.07) is 19.0. The first-order chi connectivity index (χ1) is 17.0. The molecule has 2 amide bonds. The van der Waals surface area contributed by atoms with Gasteiger partial charge in [-0.25, -0.2) is 4.68 Å². The molecule has 3 N–H and O–H groups in total. The number of nitrogens with one attached hydrogen (secondary N) is 2. The molecule has 0 aliphatic rings. The number of aliphatic hydroxyl groups excluding tert-OH is 1. The van der Waals surface area contributed by atoms with Crippen molar-refractivity contribution in [1.82, 2.24) is 20.1 Å². The Labute approximate surface area is 211 Å². The molecule has 0 aliphatic carbocycles. The molecular formula is C25H21Cl2N5O3. The summed E-state index contributed by atoms with van der Waals surface area (Å²) < 4.78 is 1.46. The van der Waals surface area contributed by atoms with Gasteiger partial charge in [0.25, 0.3) is 11.8 Å². The van der Waals surface area contributed by atoms with E-state index < -0.39 is 11.8 Å². The molecule has 0 atom stereocenters. The van der Waals surface area contributed by atoms with Crippen molar-refractivity contribution in [3.8, 4) is 16.9 Å². The lowest BCUT2D eigenvalue weighted by atomic mass is 10.1. The van der Waals surface area contributed by atoms with Crippen LogP contribution in [-0.2, 0) is 0 Å². The van der Waals surface area contributed by atoms with Gasteiger partial charge in [-0.2, -0.15) is 5.10 Å². The molecule has 4 aromatic rings. The molecule has 0 saturated carbocycles. The maximum Gasteiger partial charge on any atom is 0.271 e. The average molecular weight is 510 g/mol. The third kappa shape index (κ3) is 5.68. The van der Waals surface area contributed by atoms with Crippen molar-refractivity contribution in [1.29, 1.82) is 0 Å². The van der Waals surface area contributed by atoms with Crippen LogP contribution in [0.25, 0.3) is 16.9 Å². The summed E-state index contributed by atoms with van der Waals surface area (Å²) in [5.41, 5.74) is 2.10. The number of carbonyl (C=O) groups excluding carboxylic acids is 2. The van der Waals surface area contributed by atoms with Gasteiger partial charge in [-0.1, -0.05) is 47.5 Å². The zero-order valence-electron chi connectivity index (χ0n) is 18.4. The lowest BCUT2D eigenvalue weighted by Gasteiger charge is -2.12. The van der Waals surface area contributed by atoms with Gasteiger partial charge in [0.2, 0.25) is 0 Å². The Morgan fingerprint density at radius 3 is 2.43 bits per heavy atom. The Balaban J connectivity index is 1.68. The summed E-state index contributed by atoms with van der Waals surface area (Å²) in [5.74, 6) is -0.655. The van der Waals surface area contributed by atoms with Crippen LogP contribution in [0.3, 0.4) is 0 Å². The number of pyridine rings is 1. The van der Waals surface area contributed by atoms with E-state index >= 15 is 0 Å². The summed E-state index contributed by atoms with van der Waals surface area (Å²) in [7, 11) is 0. The summed E-state index contributed by atoms with van der Waals surface area (Å²) in [6.07, 6.45) is 2.05. The van der Waals surface area contributed by atoms with Gasteiger partial charge in [-0.15, -0.1) is 0 Å². The van der Waals surface area contributed by atoms with Crippen molar-refractivity contribution in [2.45, 2.75) is 6.42 Å². The molecule has 35 heavy (non-hydrogen) atoms. The SMILES string of the molecule is O=C(NCCCO)c1cc(NC(=O)c2cc(-c3ccccn3)c(Cl)cc2Cl)n(-c2ccccc2)n1. The van der Waals surface area contributed by atoms with E-state index in [0.717, 1.165) is 0 Å². The molecule has 4 rings (SSSR count). The number of halogens is 2. The van der Waals surface area contributed by atoms with Gasteiger partial charge >= 0.3 is 0 Å². The molecular weight excluding hydrogens is 489 g/mol. The maximum absolute atomic E-state index is 13.3. The highest BCUT2D eigenvalue weighted by Crippen LogP contribution is 2.32. The van der Waals surface area contributed by atoms with Crippen molar-refractivity contribution in [3.05, 3.63) is 94.2 Å². The highest BCUT2D eigenvalue weighted by Gasteiger charge is 2.20. The molecule has 8 nitrogen and oxygen atoms in total. The van der Waals surface area contributed by atoms with Gasteiger partial charge in [-0.3, -0.25) is 14.6 Å². The lowest BCUT2D eigenvalue weighted by molar-refractivity contribution is 0.0944. The van der Waals surface area contributed by atoms with Crippen molar-refractivity contribution in [2.24, 2.45) is 0 Å². The number of aromatic nitrogens is 3. The molecule has 0 spiro atoms. The quantitative estimate of drug-likeness (QED) is 0.300. The van der Waals surface area contributed by atoms with E-state index in [-0.39, 0.29) is 28.7 Å². The smallest absolute Gasteiger partial charge is 0.271 e. The standard InChI is InChI=1S/C25H21Cl2N5O3/c26-19-14-20(27)18(13-17(19)21-9-4-5-10-28-21)24(34)30-23-15-22(25(35)29-11-6-12-33)31-32(23)16-7-2-1-3-8-16/h1-5,7-10,13-15,33H,6,11-12H2,(H,29,35)(H,30,34). The lowest BCUT2D eigenvalue weighted by Crippen LogP contribution is -2.25. The fraction of sp³-hybridized carbons (Fsp3) is 0.120. The predicted molar refractivity (Wildman–Crippen MR) is 135 cm³/mol. The van der Waals surface area contributed by atoms with Crippen LogP contribution < -0.4 is 10.6 Å². The number of hydrogen-bond donors (Lipinski definition) is 3. The van der Waals surface area contributed by atoms with Gasteiger partial charge < -0.3 is 15.7 Å². The van der Waals surface area contributed by atoms with Crippen LogP contribution in [0.5, 0.6) is 0 Å².